The Kier molecular flexibility index (Phi) is 5.47. The molecule has 0 rings (SSSR count). The van der Waals surface area contributed by atoms with E-state index in [0.717, 1.165) is 12.8 Å². The van der Waals surface area contributed by atoms with Gasteiger partial charge in [-0.15, -0.1) is 0 Å². The van der Waals surface area contributed by atoms with Gasteiger partial charge in [0.2, 0.25) is 5.91 Å². The number of aliphatic hydroxyl groups excluding tert-OH is 1. The van der Waals surface area contributed by atoms with Gasteiger partial charge in [-0.3, -0.25) is 4.79 Å². The van der Waals surface area contributed by atoms with E-state index in [0.29, 0.717) is 0 Å². The van der Waals surface area contributed by atoms with E-state index >= 15 is 0 Å². The number of amides is 1. The maximum absolute atomic E-state index is 10.7. The van der Waals surface area contributed by atoms with Crippen LogP contribution in [0.3, 0.4) is 0 Å². The predicted molar refractivity (Wildman–Crippen MR) is 44.1 cm³/mol. The molecule has 64 valence electrons. The molecule has 0 spiro atoms. The van der Waals surface area contributed by atoms with Gasteiger partial charge >= 0.3 is 0 Å². The fraction of sp³-hybridized carbons (Fsp3) is 0.625. The van der Waals surface area contributed by atoms with Crippen molar-refractivity contribution >= 4 is 5.91 Å². The van der Waals surface area contributed by atoms with Crippen molar-refractivity contribution in [2.24, 2.45) is 0 Å². The predicted octanol–water partition coefficient (Wildman–Crippen LogP) is 0.450. The van der Waals surface area contributed by atoms with Gasteiger partial charge in [0, 0.05) is 0 Å². The zero-order chi connectivity index (χ0) is 8.69. The van der Waals surface area contributed by atoms with Crippen LogP contribution in [-0.4, -0.2) is 23.7 Å². The lowest BCUT2D eigenvalue weighted by Gasteiger charge is -2.13. The molecule has 0 radical (unpaired) electrons. The van der Waals surface area contributed by atoms with Crippen molar-refractivity contribution in [2.75, 3.05) is 6.61 Å². The van der Waals surface area contributed by atoms with Crippen LogP contribution in [0.4, 0.5) is 0 Å². The molecular formula is C8H15NO2. The standard InChI is InChI=1S/C8H15NO2/c1-3-5-7(6-10)9-8(11)4-2/h4,7,10H,2-3,5-6H2,1H3,(H,9,11). The Balaban J connectivity index is 3.67. The minimum atomic E-state index is -0.225. The van der Waals surface area contributed by atoms with Crippen LogP contribution in [-0.2, 0) is 4.79 Å². The third-order valence-corrected chi connectivity index (χ3v) is 1.39. The normalized spacial score (nSPS) is 12.2. The maximum Gasteiger partial charge on any atom is 0.243 e. The minimum Gasteiger partial charge on any atom is -0.394 e. The molecule has 1 amide bonds. The molecule has 0 aliphatic heterocycles. The van der Waals surface area contributed by atoms with Crippen molar-refractivity contribution in [1.29, 1.82) is 0 Å². The number of rotatable bonds is 5. The van der Waals surface area contributed by atoms with Crippen molar-refractivity contribution in [2.45, 2.75) is 25.8 Å². The lowest BCUT2D eigenvalue weighted by molar-refractivity contribution is -0.117. The number of hydrogen-bond donors (Lipinski definition) is 2. The highest BCUT2D eigenvalue weighted by Gasteiger charge is 2.06. The Morgan fingerprint density at radius 1 is 1.82 bits per heavy atom. The SMILES string of the molecule is C=CC(=O)NC(CO)CCC. The summed E-state index contributed by atoms with van der Waals surface area (Å²) in [6.45, 7) is 5.31. The van der Waals surface area contributed by atoms with Gasteiger partial charge in [-0.05, 0) is 12.5 Å². The summed E-state index contributed by atoms with van der Waals surface area (Å²) in [6, 6.07) is -0.120. The molecule has 3 heteroatoms. The lowest BCUT2D eigenvalue weighted by atomic mass is 10.2. The molecule has 0 aromatic heterocycles. The monoisotopic (exact) mass is 157 g/mol. The van der Waals surface area contributed by atoms with Crippen LogP contribution in [0.1, 0.15) is 19.8 Å². The third-order valence-electron chi connectivity index (χ3n) is 1.39. The second kappa shape index (κ2) is 5.92. The van der Waals surface area contributed by atoms with E-state index in [9.17, 15) is 4.79 Å². The van der Waals surface area contributed by atoms with Gasteiger partial charge in [0.05, 0.1) is 12.6 Å². The van der Waals surface area contributed by atoms with E-state index < -0.39 is 0 Å². The summed E-state index contributed by atoms with van der Waals surface area (Å²) in [7, 11) is 0. The number of nitrogens with one attached hydrogen (secondary N) is 1. The molecule has 1 atom stereocenters. The molecule has 0 saturated heterocycles. The first kappa shape index (κ1) is 10.2. The highest BCUT2D eigenvalue weighted by atomic mass is 16.3. The zero-order valence-corrected chi connectivity index (χ0v) is 6.84. The number of carbonyl (C=O) groups is 1. The molecule has 0 bridgehead atoms. The molecule has 0 aliphatic rings. The average Bonchev–Trinajstić information content (AvgIpc) is 2.03. The Morgan fingerprint density at radius 2 is 2.45 bits per heavy atom. The summed E-state index contributed by atoms with van der Waals surface area (Å²) in [4.78, 5) is 10.7. The highest BCUT2D eigenvalue weighted by molar-refractivity contribution is 5.87. The molecule has 0 saturated carbocycles. The van der Waals surface area contributed by atoms with Gasteiger partial charge in [0.1, 0.15) is 0 Å². The molecule has 2 N–H and O–H groups in total. The van der Waals surface area contributed by atoms with Crippen LogP contribution in [0, 0.1) is 0 Å². The van der Waals surface area contributed by atoms with E-state index in [4.69, 9.17) is 5.11 Å². The Bertz CT molecular complexity index is 134. The summed E-state index contributed by atoms with van der Waals surface area (Å²) in [5.74, 6) is -0.225. The van der Waals surface area contributed by atoms with Gasteiger partial charge in [-0.2, -0.15) is 0 Å². The maximum atomic E-state index is 10.7. The summed E-state index contributed by atoms with van der Waals surface area (Å²) in [5.41, 5.74) is 0. The third kappa shape index (κ3) is 4.56. The van der Waals surface area contributed by atoms with Crippen molar-refractivity contribution in [3.05, 3.63) is 12.7 Å². The smallest absolute Gasteiger partial charge is 0.243 e. The Labute approximate surface area is 67.1 Å². The molecule has 0 heterocycles. The fourth-order valence-corrected chi connectivity index (χ4v) is 0.818. The van der Waals surface area contributed by atoms with E-state index in [1.165, 1.54) is 6.08 Å². The molecule has 1 unspecified atom stereocenters. The lowest BCUT2D eigenvalue weighted by Crippen LogP contribution is -2.36. The van der Waals surface area contributed by atoms with Crippen LogP contribution in [0.15, 0.2) is 12.7 Å². The van der Waals surface area contributed by atoms with E-state index in [1.807, 2.05) is 6.92 Å². The van der Waals surface area contributed by atoms with Crippen molar-refractivity contribution in [3.8, 4) is 0 Å². The molecule has 3 nitrogen and oxygen atoms in total. The first-order chi connectivity index (χ1) is 5.24. The number of hydrogen-bond acceptors (Lipinski definition) is 2. The molecule has 0 aliphatic carbocycles. The van der Waals surface area contributed by atoms with Gasteiger partial charge in [0.15, 0.2) is 0 Å². The summed E-state index contributed by atoms with van der Waals surface area (Å²) >= 11 is 0. The molecule has 0 aromatic rings. The van der Waals surface area contributed by atoms with Gasteiger partial charge in [-0.1, -0.05) is 19.9 Å². The largest absolute Gasteiger partial charge is 0.394 e. The summed E-state index contributed by atoms with van der Waals surface area (Å²) in [5, 5.41) is 11.4. The van der Waals surface area contributed by atoms with Gasteiger partial charge in [0.25, 0.3) is 0 Å². The number of aliphatic hydroxyl groups is 1. The molecule has 11 heavy (non-hydrogen) atoms. The molecule has 0 aromatic carbocycles. The Hall–Kier alpha value is -0.830. The Morgan fingerprint density at radius 3 is 2.82 bits per heavy atom. The van der Waals surface area contributed by atoms with E-state index in [2.05, 4.69) is 11.9 Å². The second-order valence-corrected chi connectivity index (χ2v) is 2.38. The second-order valence-electron chi connectivity index (χ2n) is 2.38. The minimum absolute atomic E-state index is 0.00653. The van der Waals surface area contributed by atoms with Crippen LogP contribution in [0.25, 0.3) is 0 Å². The van der Waals surface area contributed by atoms with Crippen molar-refractivity contribution in [3.63, 3.8) is 0 Å². The first-order valence-corrected chi connectivity index (χ1v) is 3.78. The van der Waals surface area contributed by atoms with Gasteiger partial charge in [-0.25, -0.2) is 0 Å². The fourth-order valence-electron chi connectivity index (χ4n) is 0.818. The molecule has 0 fully saturated rings. The van der Waals surface area contributed by atoms with Crippen LogP contribution < -0.4 is 5.32 Å². The van der Waals surface area contributed by atoms with E-state index in [-0.39, 0.29) is 18.6 Å². The van der Waals surface area contributed by atoms with E-state index in [1.54, 1.807) is 0 Å². The highest BCUT2D eigenvalue weighted by Crippen LogP contribution is 1.94. The number of carbonyl (C=O) groups excluding carboxylic acids is 1. The molecular weight excluding hydrogens is 142 g/mol. The first-order valence-electron chi connectivity index (χ1n) is 3.78. The van der Waals surface area contributed by atoms with Crippen LogP contribution >= 0.6 is 0 Å². The van der Waals surface area contributed by atoms with Crippen LogP contribution in [0.5, 0.6) is 0 Å². The summed E-state index contributed by atoms with van der Waals surface area (Å²) in [6.07, 6.45) is 2.96. The van der Waals surface area contributed by atoms with Crippen molar-refractivity contribution < 1.29 is 9.90 Å². The quantitative estimate of drug-likeness (QED) is 0.569. The topological polar surface area (TPSA) is 49.3 Å². The zero-order valence-electron chi connectivity index (χ0n) is 6.84. The summed E-state index contributed by atoms with van der Waals surface area (Å²) < 4.78 is 0. The van der Waals surface area contributed by atoms with Crippen molar-refractivity contribution in [1.82, 2.24) is 5.32 Å². The van der Waals surface area contributed by atoms with Crippen LogP contribution in [0.2, 0.25) is 0 Å². The van der Waals surface area contributed by atoms with Gasteiger partial charge < -0.3 is 10.4 Å². The average molecular weight is 157 g/mol.